The van der Waals surface area contributed by atoms with Crippen LogP contribution in [-0.2, 0) is 0 Å². The smallest absolute Gasteiger partial charge is 0.354 e. The minimum Gasteiger partial charge on any atom is -0.477 e. The molecule has 0 aliphatic heterocycles. The topological polar surface area (TPSA) is 79.3 Å². The lowest BCUT2D eigenvalue weighted by Gasteiger charge is -2.03. The van der Waals surface area contributed by atoms with Crippen molar-refractivity contribution >= 4 is 11.9 Å². The van der Waals surface area contributed by atoms with Gasteiger partial charge in [-0.05, 0) is 12.1 Å². The molecule has 0 saturated carbocycles. The predicted molar refractivity (Wildman–Crippen MR) is 57.0 cm³/mol. The molecule has 5 nitrogen and oxygen atoms in total. The van der Waals surface area contributed by atoms with Gasteiger partial charge in [0.25, 0.3) is 5.91 Å². The molecule has 1 amide bonds. The van der Waals surface area contributed by atoms with Crippen LogP contribution in [0, 0.1) is 12.3 Å². The maximum atomic E-state index is 11.5. The van der Waals surface area contributed by atoms with Crippen molar-refractivity contribution in [3.8, 4) is 12.3 Å². The van der Waals surface area contributed by atoms with Gasteiger partial charge < -0.3 is 10.4 Å². The van der Waals surface area contributed by atoms with Gasteiger partial charge in [0.05, 0.1) is 0 Å². The molecule has 1 aromatic heterocycles. The third kappa shape index (κ3) is 3.10. The van der Waals surface area contributed by atoms with Crippen molar-refractivity contribution in [3.05, 3.63) is 29.6 Å². The van der Waals surface area contributed by atoms with E-state index in [1.54, 1.807) is 0 Å². The predicted octanol–water partition coefficient (Wildman–Crippen LogP) is 0.533. The Balaban J connectivity index is 2.73. The molecule has 0 atom stereocenters. The standard InChI is InChI=1S/C11H10N2O3/c1-2-3-5-13-10(14)8-4-6-12-9(7-8)11(15)16/h1,4,6-7H,3,5H2,(H,13,14)(H,15,16). The Hall–Kier alpha value is -2.35. The van der Waals surface area contributed by atoms with E-state index in [0.717, 1.165) is 0 Å². The van der Waals surface area contributed by atoms with Gasteiger partial charge in [0, 0.05) is 24.7 Å². The summed E-state index contributed by atoms with van der Waals surface area (Å²) in [7, 11) is 0. The average Bonchev–Trinajstić information content (AvgIpc) is 2.29. The molecular formula is C11H10N2O3. The zero-order valence-electron chi connectivity index (χ0n) is 8.43. The number of carboxylic acid groups (broad SMARTS) is 1. The van der Waals surface area contributed by atoms with E-state index < -0.39 is 5.97 Å². The molecule has 2 N–H and O–H groups in total. The van der Waals surface area contributed by atoms with Crippen molar-refractivity contribution in [2.24, 2.45) is 0 Å². The molecule has 0 spiro atoms. The van der Waals surface area contributed by atoms with Crippen LogP contribution in [0.3, 0.4) is 0 Å². The lowest BCUT2D eigenvalue weighted by molar-refractivity contribution is 0.0690. The molecule has 5 heteroatoms. The normalized spacial score (nSPS) is 9.19. The first-order chi connectivity index (χ1) is 7.65. The van der Waals surface area contributed by atoms with Crippen molar-refractivity contribution < 1.29 is 14.7 Å². The van der Waals surface area contributed by atoms with Crippen LogP contribution >= 0.6 is 0 Å². The molecule has 1 rings (SSSR count). The Morgan fingerprint density at radius 1 is 1.56 bits per heavy atom. The third-order valence-corrected chi connectivity index (χ3v) is 1.80. The van der Waals surface area contributed by atoms with Crippen LogP contribution in [0.15, 0.2) is 18.3 Å². The summed E-state index contributed by atoms with van der Waals surface area (Å²) in [6, 6.07) is 2.66. The van der Waals surface area contributed by atoms with E-state index in [1.807, 2.05) is 0 Å². The Labute approximate surface area is 92.5 Å². The monoisotopic (exact) mass is 218 g/mol. The number of rotatable bonds is 4. The molecule has 0 aromatic carbocycles. The average molecular weight is 218 g/mol. The maximum absolute atomic E-state index is 11.5. The van der Waals surface area contributed by atoms with Gasteiger partial charge in [-0.3, -0.25) is 4.79 Å². The van der Waals surface area contributed by atoms with Gasteiger partial charge >= 0.3 is 5.97 Å². The molecular weight excluding hydrogens is 208 g/mol. The number of carbonyl (C=O) groups is 2. The Kier molecular flexibility index (Phi) is 4.04. The summed E-state index contributed by atoms with van der Waals surface area (Å²) in [6.07, 6.45) is 6.74. The first-order valence-corrected chi connectivity index (χ1v) is 4.56. The van der Waals surface area contributed by atoms with Crippen LogP contribution in [0.5, 0.6) is 0 Å². The van der Waals surface area contributed by atoms with Gasteiger partial charge in [-0.25, -0.2) is 9.78 Å². The van der Waals surface area contributed by atoms with Crippen molar-refractivity contribution in [2.45, 2.75) is 6.42 Å². The molecule has 0 radical (unpaired) electrons. The minimum atomic E-state index is -1.17. The van der Waals surface area contributed by atoms with Crippen molar-refractivity contribution in [1.82, 2.24) is 10.3 Å². The van der Waals surface area contributed by atoms with E-state index in [4.69, 9.17) is 11.5 Å². The highest BCUT2D eigenvalue weighted by Crippen LogP contribution is 2.01. The summed E-state index contributed by atoms with van der Waals surface area (Å²) in [6.45, 7) is 0.361. The van der Waals surface area contributed by atoms with Gasteiger partial charge in [-0.2, -0.15) is 0 Å². The van der Waals surface area contributed by atoms with Crippen LogP contribution in [0.4, 0.5) is 0 Å². The number of nitrogens with zero attached hydrogens (tertiary/aromatic N) is 1. The molecule has 0 bridgehead atoms. The van der Waals surface area contributed by atoms with Gasteiger partial charge in [-0.15, -0.1) is 12.3 Å². The zero-order valence-corrected chi connectivity index (χ0v) is 8.43. The Morgan fingerprint density at radius 3 is 2.94 bits per heavy atom. The second kappa shape index (κ2) is 5.51. The van der Waals surface area contributed by atoms with Gasteiger partial charge in [0.2, 0.25) is 0 Å². The summed E-state index contributed by atoms with van der Waals surface area (Å²) in [5, 5.41) is 11.2. The Morgan fingerprint density at radius 2 is 2.31 bits per heavy atom. The fourth-order valence-electron chi connectivity index (χ4n) is 1.04. The van der Waals surface area contributed by atoms with E-state index >= 15 is 0 Å². The number of hydrogen-bond donors (Lipinski definition) is 2. The maximum Gasteiger partial charge on any atom is 0.354 e. The van der Waals surface area contributed by atoms with Crippen molar-refractivity contribution in [3.63, 3.8) is 0 Å². The summed E-state index contributed by atoms with van der Waals surface area (Å²) >= 11 is 0. The zero-order chi connectivity index (χ0) is 12.0. The summed E-state index contributed by atoms with van der Waals surface area (Å²) in [5.74, 6) is 0.854. The molecule has 0 aliphatic rings. The number of carbonyl (C=O) groups excluding carboxylic acids is 1. The molecule has 16 heavy (non-hydrogen) atoms. The summed E-state index contributed by atoms with van der Waals surface area (Å²) in [5.41, 5.74) is 0.0917. The van der Waals surface area contributed by atoms with E-state index in [2.05, 4.69) is 16.2 Å². The highest BCUT2D eigenvalue weighted by Gasteiger charge is 2.09. The Bertz CT molecular complexity index is 449. The van der Waals surface area contributed by atoms with E-state index in [1.165, 1.54) is 18.3 Å². The van der Waals surface area contributed by atoms with E-state index in [-0.39, 0.29) is 17.2 Å². The number of terminal acetylenes is 1. The summed E-state index contributed by atoms with van der Waals surface area (Å²) < 4.78 is 0. The van der Waals surface area contributed by atoms with Crippen LogP contribution in [-0.4, -0.2) is 28.5 Å². The highest BCUT2D eigenvalue weighted by molar-refractivity contribution is 5.96. The number of aromatic nitrogens is 1. The molecule has 0 aliphatic carbocycles. The number of aromatic carboxylic acids is 1. The molecule has 1 aromatic rings. The third-order valence-electron chi connectivity index (χ3n) is 1.80. The first-order valence-electron chi connectivity index (χ1n) is 4.56. The van der Waals surface area contributed by atoms with Gasteiger partial charge in [0.1, 0.15) is 5.69 Å². The fourth-order valence-corrected chi connectivity index (χ4v) is 1.04. The second-order valence-corrected chi connectivity index (χ2v) is 2.94. The quantitative estimate of drug-likeness (QED) is 0.570. The SMILES string of the molecule is C#CCCNC(=O)c1ccnc(C(=O)O)c1. The summed E-state index contributed by atoms with van der Waals surface area (Å²) in [4.78, 5) is 25.7. The number of nitrogens with one attached hydrogen (secondary N) is 1. The van der Waals surface area contributed by atoms with Gasteiger partial charge in [-0.1, -0.05) is 0 Å². The van der Waals surface area contributed by atoms with Crippen LogP contribution < -0.4 is 5.32 Å². The fraction of sp³-hybridized carbons (Fsp3) is 0.182. The van der Waals surface area contributed by atoms with Crippen LogP contribution in [0.25, 0.3) is 0 Å². The lowest BCUT2D eigenvalue weighted by atomic mass is 10.2. The number of pyridine rings is 1. The van der Waals surface area contributed by atoms with Crippen molar-refractivity contribution in [2.75, 3.05) is 6.54 Å². The highest BCUT2D eigenvalue weighted by atomic mass is 16.4. The van der Waals surface area contributed by atoms with Crippen molar-refractivity contribution in [1.29, 1.82) is 0 Å². The molecule has 82 valence electrons. The van der Waals surface area contributed by atoms with Crippen LogP contribution in [0.2, 0.25) is 0 Å². The van der Waals surface area contributed by atoms with E-state index in [0.29, 0.717) is 13.0 Å². The van der Waals surface area contributed by atoms with Crippen LogP contribution in [0.1, 0.15) is 27.3 Å². The lowest BCUT2D eigenvalue weighted by Crippen LogP contribution is -2.24. The van der Waals surface area contributed by atoms with E-state index in [9.17, 15) is 9.59 Å². The number of hydrogen-bond acceptors (Lipinski definition) is 3. The molecule has 0 saturated heterocycles. The minimum absolute atomic E-state index is 0.162. The largest absolute Gasteiger partial charge is 0.477 e. The first kappa shape index (κ1) is 11.7. The molecule has 0 unspecified atom stereocenters. The molecule has 1 heterocycles. The molecule has 0 fully saturated rings. The van der Waals surface area contributed by atoms with Gasteiger partial charge in [0.15, 0.2) is 0 Å². The number of carboxylic acids is 1. The number of amides is 1. The second-order valence-electron chi connectivity index (χ2n) is 2.94.